The number of anilines is 4. The molecule has 32 heavy (non-hydrogen) atoms. The first kappa shape index (κ1) is 25.0. The van der Waals surface area contributed by atoms with Crippen molar-refractivity contribution >= 4 is 46.6 Å². The van der Waals surface area contributed by atoms with Crippen molar-refractivity contribution in [2.24, 2.45) is 0 Å². The molecule has 0 spiro atoms. The Morgan fingerprint density at radius 2 is 0.969 bits per heavy atom. The minimum absolute atomic E-state index is 0.338. The molecule has 1 heterocycles. The van der Waals surface area contributed by atoms with Crippen LogP contribution in [0.5, 0.6) is 0 Å². The first-order chi connectivity index (χ1) is 15.7. The fourth-order valence-electron chi connectivity index (χ4n) is 4.19. The van der Waals surface area contributed by atoms with Crippen LogP contribution in [0.3, 0.4) is 0 Å². The van der Waals surface area contributed by atoms with Gasteiger partial charge in [-0.3, -0.25) is 0 Å². The molecule has 3 rings (SSSR count). The van der Waals surface area contributed by atoms with E-state index in [2.05, 4.69) is 79.2 Å². The first-order valence-electron chi connectivity index (χ1n) is 12.9. The SMILES string of the molecule is CCCCN(CCCC)c1ccc2c(c1)[Se]c1cc(N(CCCC)CCCC)ccc1N2. The van der Waals surface area contributed by atoms with E-state index in [-0.39, 0.29) is 0 Å². The molecule has 176 valence electrons. The van der Waals surface area contributed by atoms with Crippen LogP contribution in [0, 0.1) is 0 Å². The van der Waals surface area contributed by atoms with Crippen molar-refractivity contribution in [1.82, 2.24) is 0 Å². The second-order valence-corrected chi connectivity index (χ2v) is 11.3. The summed E-state index contributed by atoms with van der Waals surface area (Å²) in [5.74, 6) is 0. The summed E-state index contributed by atoms with van der Waals surface area (Å²) in [6, 6.07) is 14.2. The van der Waals surface area contributed by atoms with E-state index in [4.69, 9.17) is 0 Å². The number of unbranched alkanes of at least 4 members (excludes halogenated alkanes) is 4. The van der Waals surface area contributed by atoms with Gasteiger partial charge in [-0.15, -0.1) is 0 Å². The Balaban J connectivity index is 1.80. The predicted molar refractivity (Wildman–Crippen MR) is 145 cm³/mol. The van der Waals surface area contributed by atoms with Crippen molar-refractivity contribution in [2.75, 3.05) is 41.3 Å². The molecule has 1 aliphatic heterocycles. The van der Waals surface area contributed by atoms with Crippen LogP contribution in [-0.4, -0.2) is 41.1 Å². The Labute approximate surface area is 203 Å². The normalized spacial score (nSPS) is 12.1. The number of nitrogens with zero attached hydrogens (tertiary/aromatic N) is 2. The van der Waals surface area contributed by atoms with E-state index >= 15 is 0 Å². The van der Waals surface area contributed by atoms with Crippen molar-refractivity contribution < 1.29 is 0 Å². The van der Waals surface area contributed by atoms with Gasteiger partial charge in [0.2, 0.25) is 0 Å². The van der Waals surface area contributed by atoms with E-state index in [1.54, 1.807) is 0 Å². The van der Waals surface area contributed by atoms with Gasteiger partial charge in [-0.1, -0.05) is 0 Å². The summed E-state index contributed by atoms with van der Waals surface area (Å²) in [5, 5.41) is 3.72. The quantitative estimate of drug-likeness (QED) is 0.266. The Morgan fingerprint density at radius 3 is 1.31 bits per heavy atom. The number of hydrogen-bond acceptors (Lipinski definition) is 3. The third-order valence-corrected chi connectivity index (χ3v) is 8.62. The van der Waals surface area contributed by atoms with Crippen LogP contribution < -0.4 is 24.0 Å². The fourth-order valence-corrected chi connectivity index (χ4v) is 6.40. The molecule has 0 fully saturated rings. The molecule has 1 aliphatic rings. The number of rotatable bonds is 14. The average molecular weight is 501 g/mol. The minimum atomic E-state index is 0.338. The van der Waals surface area contributed by atoms with Gasteiger partial charge in [0.1, 0.15) is 0 Å². The molecule has 3 nitrogen and oxygen atoms in total. The Bertz CT molecular complexity index is 752. The Kier molecular flexibility index (Phi) is 10.3. The first-order valence-corrected chi connectivity index (χ1v) is 14.6. The monoisotopic (exact) mass is 501 g/mol. The molecule has 0 radical (unpaired) electrons. The average Bonchev–Trinajstić information content (AvgIpc) is 2.82. The molecule has 0 aromatic heterocycles. The number of fused-ring (bicyclic) bond motifs is 2. The molecule has 0 atom stereocenters. The molecule has 0 saturated carbocycles. The van der Waals surface area contributed by atoms with E-state index < -0.39 is 0 Å². The third kappa shape index (κ3) is 6.68. The molecule has 0 bridgehead atoms. The molecule has 2 aromatic carbocycles. The number of hydrogen-bond donors (Lipinski definition) is 1. The van der Waals surface area contributed by atoms with E-state index in [0.29, 0.717) is 15.0 Å². The molecule has 0 unspecified atom stereocenters. The van der Waals surface area contributed by atoms with Crippen LogP contribution in [0.1, 0.15) is 79.1 Å². The zero-order chi connectivity index (χ0) is 22.8. The summed E-state index contributed by atoms with van der Waals surface area (Å²) in [4.78, 5) is 5.21. The van der Waals surface area contributed by atoms with Crippen molar-refractivity contribution in [3.8, 4) is 0 Å². The molecule has 1 N–H and O–H groups in total. The zero-order valence-corrected chi connectivity index (χ0v) is 22.5. The molecule has 4 heteroatoms. The van der Waals surface area contributed by atoms with Gasteiger partial charge >= 0.3 is 203 Å². The van der Waals surface area contributed by atoms with E-state index in [9.17, 15) is 0 Å². The summed E-state index contributed by atoms with van der Waals surface area (Å²) in [6.45, 7) is 13.8. The van der Waals surface area contributed by atoms with Gasteiger partial charge < -0.3 is 0 Å². The summed E-state index contributed by atoms with van der Waals surface area (Å²) >= 11 is 0.338. The fraction of sp³-hybridized carbons (Fsp3) is 0.571. The Hall–Kier alpha value is -1.64. The predicted octanol–water partition coefficient (Wildman–Crippen LogP) is 6.21. The molecule has 0 amide bonds. The number of nitrogens with one attached hydrogen (secondary N) is 1. The summed E-state index contributed by atoms with van der Waals surface area (Å²) in [5.41, 5.74) is 5.41. The maximum atomic E-state index is 3.72. The van der Waals surface area contributed by atoms with Gasteiger partial charge in [0.25, 0.3) is 0 Å². The zero-order valence-electron chi connectivity index (χ0n) is 20.8. The molecular formula is C28H43N3Se. The third-order valence-electron chi connectivity index (χ3n) is 6.28. The van der Waals surface area contributed by atoms with E-state index in [0.717, 1.165) is 0 Å². The summed E-state index contributed by atoms with van der Waals surface area (Å²) in [6.07, 6.45) is 10.1. The van der Waals surface area contributed by atoms with Crippen LogP contribution in [0.4, 0.5) is 22.7 Å². The van der Waals surface area contributed by atoms with Crippen LogP contribution in [0.2, 0.25) is 0 Å². The van der Waals surface area contributed by atoms with E-state index in [1.165, 1.54) is 109 Å². The van der Waals surface area contributed by atoms with Crippen LogP contribution in [-0.2, 0) is 0 Å². The topological polar surface area (TPSA) is 18.5 Å². The van der Waals surface area contributed by atoms with Gasteiger partial charge in [0.05, 0.1) is 0 Å². The van der Waals surface area contributed by atoms with Crippen molar-refractivity contribution in [3.05, 3.63) is 36.4 Å². The van der Waals surface area contributed by atoms with Crippen LogP contribution >= 0.6 is 0 Å². The molecule has 2 aromatic rings. The van der Waals surface area contributed by atoms with Crippen LogP contribution in [0.25, 0.3) is 0 Å². The van der Waals surface area contributed by atoms with Gasteiger partial charge in [-0.05, 0) is 0 Å². The van der Waals surface area contributed by atoms with Gasteiger partial charge in [-0.25, -0.2) is 0 Å². The number of benzene rings is 2. The summed E-state index contributed by atoms with van der Waals surface area (Å²) in [7, 11) is 0. The standard InChI is InChI=1S/C28H43N3Se/c1-5-9-17-30(18-10-6-2)23-13-15-25-27(21-23)32-28-22-24(14-16-26(28)29-25)31(19-11-7-3)20-12-8-4/h13-16,21-22,29H,5-12,17-20H2,1-4H3. The molecule has 0 saturated heterocycles. The maximum absolute atomic E-state index is 3.72. The van der Waals surface area contributed by atoms with Crippen molar-refractivity contribution in [3.63, 3.8) is 0 Å². The van der Waals surface area contributed by atoms with E-state index in [1.807, 2.05) is 0 Å². The second kappa shape index (κ2) is 13.2. The second-order valence-electron chi connectivity index (χ2n) is 8.98. The molecule has 0 aliphatic carbocycles. The van der Waals surface area contributed by atoms with Crippen LogP contribution in [0.15, 0.2) is 36.4 Å². The summed E-state index contributed by atoms with van der Waals surface area (Å²) < 4.78 is 2.98. The van der Waals surface area contributed by atoms with Crippen molar-refractivity contribution in [2.45, 2.75) is 79.1 Å². The Morgan fingerprint density at radius 1 is 0.594 bits per heavy atom. The van der Waals surface area contributed by atoms with Gasteiger partial charge in [-0.2, -0.15) is 0 Å². The van der Waals surface area contributed by atoms with Gasteiger partial charge in [0, 0.05) is 0 Å². The van der Waals surface area contributed by atoms with Gasteiger partial charge in [0.15, 0.2) is 0 Å². The van der Waals surface area contributed by atoms with Crippen molar-refractivity contribution in [1.29, 1.82) is 0 Å². The molecular weight excluding hydrogens is 457 g/mol.